The van der Waals surface area contributed by atoms with Gasteiger partial charge >= 0.3 is 5.97 Å². The first kappa shape index (κ1) is 14.9. The molecule has 4 rings (SSSR count). The van der Waals surface area contributed by atoms with E-state index in [1.165, 1.54) is 5.70 Å². The zero-order chi connectivity index (χ0) is 16.4. The van der Waals surface area contributed by atoms with Crippen LogP contribution in [-0.2, 0) is 4.74 Å². The highest BCUT2D eigenvalue weighted by Gasteiger charge is 2.46. The molecule has 0 radical (unpaired) electrons. The van der Waals surface area contributed by atoms with Gasteiger partial charge in [0.2, 0.25) is 0 Å². The van der Waals surface area contributed by atoms with Crippen molar-refractivity contribution < 1.29 is 9.53 Å². The first-order chi connectivity index (χ1) is 11.7. The molecule has 122 valence electrons. The van der Waals surface area contributed by atoms with Gasteiger partial charge in [0, 0.05) is 43.4 Å². The van der Waals surface area contributed by atoms with Crippen molar-refractivity contribution in [1.82, 2.24) is 14.9 Å². The number of ether oxygens (including phenoxy) is 1. The fraction of sp³-hybridized carbons (Fsp3) is 0.316. The standard InChI is InChI=1S/C19H19N3O2/c23-18(16-3-1-7-21-13-16)24-19-6-2-10-22(14-19)17(12-19)11-15-4-8-20-9-5-15/h1,3-5,7-9,11,13H,2,6,10,12,14H2/b17-11+. The molecule has 5 heteroatoms. The molecule has 2 aromatic rings. The minimum absolute atomic E-state index is 0.282. The largest absolute Gasteiger partial charge is 0.453 e. The zero-order valence-electron chi connectivity index (χ0n) is 13.4. The Balaban J connectivity index is 1.55. The van der Waals surface area contributed by atoms with Gasteiger partial charge in [-0.25, -0.2) is 4.79 Å². The molecule has 4 heterocycles. The van der Waals surface area contributed by atoms with Crippen LogP contribution >= 0.6 is 0 Å². The van der Waals surface area contributed by atoms with E-state index in [1.807, 2.05) is 12.1 Å². The van der Waals surface area contributed by atoms with E-state index in [4.69, 9.17) is 4.74 Å². The van der Waals surface area contributed by atoms with Gasteiger partial charge in [-0.2, -0.15) is 0 Å². The summed E-state index contributed by atoms with van der Waals surface area (Å²) in [6.45, 7) is 1.79. The van der Waals surface area contributed by atoms with Crippen LogP contribution in [-0.4, -0.2) is 39.5 Å². The molecule has 0 spiro atoms. The van der Waals surface area contributed by atoms with Crippen LogP contribution in [0.2, 0.25) is 0 Å². The number of carbonyl (C=O) groups is 1. The number of rotatable bonds is 3. The zero-order valence-corrected chi connectivity index (χ0v) is 13.4. The van der Waals surface area contributed by atoms with Crippen LogP contribution in [0, 0.1) is 0 Å². The first-order valence-corrected chi connectivity index (χ1v) is 8.23. The summed E-state index contributed by atoms with van der Waals surface area (Å²) >= 11 is 0. The van der Waals surface area contributed by atoms with Gasteiger partial charge in [0.25, 0.3) is 0 Å². The second kappa shape index (κ2) is 6.07. The van der Waals surface area contributed by atoms with Crippen LogP contribution in [0.5, 0.6) is 0 Å². The van der Waals surface area contributed by atoms with Crippen LogP contribution in [0.3, 0.4) is 0 Å². The second-order valence-electron chi connectivity index (χ2n) is 6.43. The number of nitrogens with zero attached hydrogens (tertiary/aromatic N) is 3. The summed E-state index contributed by atoms with van der Waals surface area (Å²) in [4.78, 5) is 22.8. The molecule has 2 saturated heterocycles. The van der Waals surface area contributed by atoms with Gasteiger partial charge in [-0.3, -0.25) is 9.97 Å². The third kappa shape index (κ3) is 2.89. The highest BCUT2D eigenvalue weighted by atomic mass is 16.6. The average Bonchev–Trinajstić information content (AvgIpc) is 2.86. The molecule has 2 bridgehead atoms. The van der Waals surface area contributed by atoms with Gasteiger partial charge in [-0.15, -0.1) is 0 Å². The Hall–Kier alpha value is -2.69. The molecule has 0 aliphatic carbocycles. The van der Waals surface area contributed by atoms with Crippen LogP contribution in [0.25, 0.3) is 6.08 Å². The minimum Gasteiger partial charge on any atom is -0.453 e. The molecule has 1 unspecified atom stereocenters. The predicted molar refractivity (Wildman–Crippen MR) is 90.0 cm³/mol. The topological polar surface area (TPSA) is 55.3 Å². The maximum absolute atomic E-state index is 12.5. The summed E-state index contributed by atoms with van der Waals surface area (Å²) < 4.78 is 5.95. The van der Waals surface area contributed by atoms with E-state index >= 15 is 0 Å². The van der Waals surface area contributed by atoms with Crippen molar-refractivity contribution in [3.8, 4) is 0 Å². The Bertz CT molecular complexity index is 761. The van der Waals surface area contributed by atoms with Gasteiger partial charge in [-0.1, -0.05) is 0 Å². The number of aromatic nitrogens is 2. The molecule has 2 fully saturated rings. The van der Waals surface area contributed by atoms with E-state index in [9.17, 15) is 4.79 Å². The smallest absolute Gasteiger partial charge is 0.340 e. The van der Waals surface area contributed by atoms with Gasteiger partial charge in [0.05, 0.1) is 12.1 Å². The molecule has 2 aromatic heterocycles. The van der Waals surface area contributed by atoms with Crippen molar-refractivity contribution >= 4 is 12.0 Å². The second-order valence-corrected chi connectivity index (χ2v) is 6.43. The quantitative estimate of drug-likeness (QED) is 0.814. The molecule has 5 nitrogen and oxygen atoms in total. The molecule has 24 heavy (non-hydrogen) atoms. The summed E-state index contributed by atoms with van der Waals surface area (Å²) in [5.74, 6) is -0.282. The fourth-order valence-corrected chi connectivity index (χ4v) is 3.58. The SMILES string of the molecule is O=C(OC12CCCN(C1)/C(=C/c1ccncc1)C2)c1cccnc1. The maximum atomic E-state index is 12.5. The van der Waals surface area contributed by atoms with Gasteiger partial charge < -0.3 is 9.64 Å². The summed E-state index contributed by atoms with van der Waals surface area (Å²) in [5.41, 5.74) is 2.46. The monoisotopic (exact) mass is 321 g/mol. The van der Waals surface area contributed by atoms with Gasteiger partial charge in [-0.05, 0) is 48.7 Å². The Labute approximate surface area is 141 Å². The van der Waals surface area contributed by atoms with Crippen molar-refractivity contribution in [2.45, 2.75) is 24.9 Å². The van der Waals surface area contributed by atoms with E-state index in [0.29, 0.717) is 5.56 Å². The van der Waals surface area contributed by atoms with E-state index in [0.717, 1.165) is 37.9 Å². The number of pyridine rings is 2. The Morgan fingerprint density at radius 1 is 1.21 bits per heavy atom. The fourth-order valence-electron chi connectivity index (χ4n) is 3.58. The van der Waals surface area contributed by atoms with E-state index in [2.05, 4.69) is 20.9 Å². The number of hydrogen-bond acceptors (Lipinski definition) is 5. The van der Waals surface area contributed by atoms with Crippen molar-refractivity contribution in [3.63, 3.8) is 0 Å². The lowest BCUT2D eigenvalue weighted by molar-refractivity contribution is -0.0270. The van der Waals surface area contributed by atoms with Crippen LogP contribution in [0.15, 0.2) is 54.7 Å². The van der Waals surface area contributed by atoms with E-state index < -0.39 is 5.60 Å². The summed E-state index contributed by atoms with van der Waals surface area (Å²) in [7, 11) is 0. The molecular formula is C19H19N3O2. The minimum atomic E-state index is -0.413. The molecule has 0 amide bonds. The molecular weight excluding hydrogens is 302 g/mol. The molecule has 0 aromatic carbocycles. The van der Waals surface area contributed by atoms with Crippen LogP contribution in [0.4, 0.5) is 0 Å². The van der Waals surface area contributed by atoms with Crippen molar-refractivity contribution in [2.75, 3.05) is 13.1 Å². The van der Waals surface area contributed by atoms with Crippen LogP contribution in [0.1, 0.15) is 35.2 Å². The maximum Gasteiger partial charge on any atom is 0.340 e. The third-order valence-electron chi connectivity index (χ3n) is 4.69. The van der Waals surface area contributed by atoms with Crippen molar-refractivity contribution in [1.29, 1.82) is 0 Å². The molecule has 2 aliphatic heterocycles. The third-order valence-corrected chi connectivity index (χ3v) is 4.69. The summed E-state index contributed by atoms with van der Waals surface area (Å²) in [6, 6.07) is 7.48. The number of hydrogen-bond donors (Lipinski definition) is 0. The number of esters is 1. The number of piperidine rings is 1. The molecule has 1 atom stereocenters. The average molecular weight is 321 g/mol. The van der Waals surface area contributed by atoms with Crippen molar-refractivity contribution in [3.05, 3.63) is 65.9 Å². The lowest BCUT2D eigenvalue weighted by Gasteiger charge is -2.33. The highest BCUT2D eigenvalue weighted by Crippen LogP contribution is 2.41. The molecule has 2 aliphatic rings. The van der Waals surface area contributed by atoms with E-state index in [1.54, 1.807) is 36.9 Å². The summed E-state index contributed by atoms with van der Waals surface area (Å²) in [6.07, 6.45) is 11.7. The van der Waals surface area contributed by atoms with Gasteiger partial charge in [0.1, 0.15) is 5.60 Å². The lowest BCUT2D eigenvalue weighted by Crippen LogP contribution is -2.42. The number of carbonyl (C=O) groups excluding carboxylic acids is 1. The lowest BCUT2D eigenvalue weighted by atomic mass is 9.94. The highest BCUT2D eigenvalue weighted by molar-refractivity contribution is 5.89. The number of fused-ring (bicyclic) bond motifs is 2. The van der Waals surface area contributed by atoms with Crippen molar-refractivity contribution in [2.24, 2.45) is 0 Å². The van der Waals surface area contributed by atoms with Gasteiger partial charge in [0.15, 0.2) is 0 Å². The van der Waals surface area contributed by atoms with Crippen LogP contribution < -0.4 is 0 Å². The Kier molecular flexibility index (Phi) is 3.76. The molecule has 0 saturated carbocycles. The first-order valence-electron chi connectivity index (χ1n) is 8.23. The van der Waals surface area contributed by atoms with E-state index in [-0.39, 0.29) is 5.97 Å². The summed E-state index contributed by atoms with van der Waals surface area (Å²) in [5, 5.41) is 0. The Morgan fingerprint density at radius 3 is 2.88 bits per heavy atom. The normalized spacial score (nSPS) is 24.2. The molecule has 0 N–H and O–H groups in total. The predicted octanol–water partition coefficient (Wildman–Crippen LogP) is 2.91. The Morgan fingerprint density at radius 2 is 2.08 bits per heavy atom.